The first-order chi connectivity index (χ1) is 10.1. The van der Waals surface area contributed by atoms with Gasteiger partial charge in [-0.15, -0.1) is 0 Å². The summed E-state index contributed by atoms with van der Waals surface area (Å²) in [6.07, 6.45) is 0. The van der Waals surface area contributed by atoms with Crippen molar-refractivity contribution in [3.05, 3.63) is 59.9 Å². The van der Waals surface area contributed by atoms with Crippen LogP contribution in [-0.2, 0) is 0 Å². The van der Waals surface area contributed by atoms with Crippen LogP contribution < -0.4 is 10.6 Å². The lowest BCUT2D eigenvalue weighted by molar-refractivity contribution is 0.102. The molecule has 0 saturated heterocycles. The molecule has 0 saturated carbocycles. The van der Waals surface area contributed by atoms with E-state index in [4.69, 9.17) is 0 Å². The summed E-state index contributed by atoms with van der Waals surface area (Å²) >= 11 is 3.10. The molecule has 0 aliphatic carbocycles. The molecule has 2 amide bonds. The lowest BCUT2D eigenvalue weighted by atomic mass is 10.1. The van der Waals surface area contributed by atoms with Gasteiger partial charge in [-0.25, -0.2) is 9.18 Å². The molecule has 0 radical (unpaired) electrons. The lowest BCUT2D eigenvalue weighted by Crippen LogP contribution is -2.19. The number of urea groups is 1. The van der Waals surface area contributed by atoms with E-state index in [0.29, 0.717) is 16.9 Å². The van der Waals surface area contributed by atoms with Gasteiger partial charge in [0, 0.05) is 16.9 Å². The van der Waals surface area contributed by atoms with E-state index in [9.17, 15) is 14.0 Å². The number of hydrogen-bond donors (Lipinski definition) is 2. The molecule has 2 N–H and O–H groups in total. The van der Waals surface area contributed by atoms with Crippen molar-refractivity contribution in [3.63, 3.8) is 0 Å². The highest BCUT2D eigenvalue weighted by Crippen LogP contribution is 2.12. The van der Waals surface area contributed by atoms with Crippen LogP contribution in [0.15, 0.2) is 48.5 Å². The van der Waals surface area contributed by atoms with Gasteiger partial charge in [0.2, 0.25) is 0 Å². The summed E-state index contributed by atoms with van der Waals surface area (Å²) in [7, 11) is 0. The van der Waals surface area contributed by atoms with Crippen molar-refractivity contribution in [1.82, 2.24) is 0 Å². The monoisotopic (exact) mass is 350 g/mol. The zero-order chi connectivity index (χ0) is 15.2. The Bertz CT molecular complexity index is 642. The number of ketones is 1. The molecule has 6 heteroatoms. The van der Waals surface area contributed by atoms with Crippen LogP contribution in [0.4, 0.5) is 20.6 Å². The molecule has 0 spiro atoms. The van der Waals surface area contributed by atoms with Gasteiger partial charge in [0.05, 0.1) is 5.33 Å². The van der Waals surface area contributed by atoms with Gasteiger partial charge in [0.15, 0.2) is 5.78 Å². The number of anilines is 2. The Morgan fingerprint density at radius 2 is 1.38 bits per heavy atom. The quantitative estimate of drug-likeness (QED) is 0.645. The Hall–Kier alpha value is -2.21. The summed E-state index contributed by atoms with van der Waals surface area (Å²) in [4.78, 5) is 23.2. The highest BCUT2D eigenvalue weighted by molar-refractivity contribution is 9.09. The van der Waals surface area contributed by atoms with E-state index in [1.165, 1.54) is 24.3 Å². The number of halogens is 2. The lowest BCUT2D eigenvalue weighted by Gasteiger charge is -2.08. The van der Waals surface area contributed by atoms with E-state index < -0.39 is 6.03 Å². The van der Waals surface area contributed by atoms with Crippen molar-refractivity contribution in [1.29, 1.82) is 0 Å². The minimum atomic E-state index is -0.443. The Balaban J connectivity index is 1.96. The summed E-state index contributed by atoms with van der Waals surface area (Å²) < 4.78 is 12.7. The Kier molecular flexibility index (Phi) is 5.05. The van der Waals surface area contributed by atoms with Crippen molar-refractivity contribution in [2.45, 2.75) is 0 Å². The van der Waals surface area contributed by atoms with Crippen molar-refractivity contribution in [2.24, 2.45) is 0 Å². The second-order valence-electron chi connectivity index (χ2n) is 4.22. The standard InChI is InChI=1S/C15H12BrFN2O2/c16-9-14(20)10-1-5-12(6-2-10)18-15(21)19-13-7-3-11(17)4-8-13/h1-8H,9H2,(H2,18,19,21). The molecule has 0 aromatic heterocycles. The van der Waals surface area contributed by atoms with Crippen LogP contribution in [0.1, 0.15) is 10.4 Å². The molecular formula is C15H12BrFN2O2. The zero-order valence-corrected chi connectivity index (χ0v) is 12.5. The fraction of sp³-hybridized carbons (Fsp3) is 0.0667. The van der Waals surface area contributed by atoms with Crippen LogP contribution in [0.5, 0.6) is 0 Å². The van der Waals surface area contributed by atoms with Gasteiger partial charge in [-0.1, -0.05) is 15.9 Å². The Morgan fingerprint density at radius 3 is 1.86 bits per heavy atom. The Morgan fingerprint density at radius 1 is 0.905 bits per heavy atom. The summed E-state index contributed by atoms with van der Waals surface area (Å²) in [5.74, 6) is -0.398. The van der Waals surface area contributed by atoms with Gasteiger partial charge in [0.25, 0.3) is 0 Å². The molecule has 0 bridgehead atoms. The molecule has 21 heavy (non-hydrogen) atoms. The van der Waals surface area contributed by atoms with Crippen molar-refractivity contribution in [2.75, 3.05) is 16.0 Å². The summed E-state index contributed by atoms with van der Waals surface area (Å²) in [5.41, 5.74) is 1.61. The number of hydrogen-bond acceptors (Lipinski definition) is 2. The topological polar surface area (TPSA) is 58.2 Å². The van der Waals surface area contributed by atoms with Gasteiger partial charge in [-0.3, -0.25) is 4.79 Å². The smallest absolute Gasteiger partial charge is 0.308 e. The summed E-state index contributed by atoms with van der Waals surface area (Å²) in [5, 5.41) is 5.45. The van der Waals surface area contributed by atoms with Crippen LogP contribution in [0.2, 0.25) is 0 Å². The van der Waals surface area contributed by atoms with Gasteiger partial charge in [0.1, 0.15) is 5.82 Å². The minimum absolute atomic E-state index is 0.0303. The van der Waals surface area contributed by atoms with E-state index in [2.05, 4.69) is 26.6 Å². The number of benzene rings is 2. The SMILES string of the molecule is O=C(Nc1ccc(F)cc1)Nc1ccc(C(=O)CBr)cc1. The van der Waals surface area contributed by atoms with E-state index in [1.54, 1.807) is 24.3 Å². The highest BCUT2D eigenvalue weighted by Gasteiger charge is 2.05. The molecule has 0 aliphatic rings. The molecule has 0 aliphatic heterocycles. The van der Waals surface area contributed by atoms with Gasteiger partial charge in [-0.2, -0.15) is 0 Å². The molecule has 0 heterocycles. The van der Waals surface area contributed by atoms with Gasteiger partial charge >= 0.3 is 6.03 Å². The third-order valence-corrected chi connectivity index (χ3v) is 3.20. The van der Waals surface area contributed by atoms with Gasteiger partial charge in [-0.05, 0) is 48.5 Å². The largest absolute Gasteiger partial charge is 0.323 e. The molecule has 2 rings (SSSR count). The van der Waals surface area contributed by atoms with E-state index in [-0.39, 0.29) is 16.9 Å². The predicted molar refractivity (Wildman–Crippen MR) is 83.6 cm³/mol. The average Bonchev–Trinajstić information content (AvgIpc) is 2.49. The van der Waals surface area contributed by atoms with Crippen molar-refractivity contribution >= 4 is 39.1 Å². The number of rotatable bonds is 4. The van der Waals surface area contributed by atoms with Crippen molar-refractivity contribution in [3.8, 4) is 0 Å². The van der Waals surface area contributed by atoms with Crippen LogP contribution in [0.25, 0.3) is 0 Å². The molecule has 0 fully saturated rings. The second kappa shape index (κ2) is 6.99. The maximum absolute atomic E-state index is 12.7. The van der Waals surface area contributed by atoms with Crippen molar-refractivity contribution < 1.29 is 14.0 Å². The fourth-order valence-corrected chi connectivity index (χ4v) is 1.97. The van der Waals surface area contributed by atoms with E-state index in [1.807, 2.05) is 0 Å². The zero-order valence-electron chi connectivity index (χ0n) is 10.9. The van der Waals surface area contributed by atoms with Crippen LogP contribution >= 0.6 is 15.9 Å². The molecule has 2 aromatic rings. The molecule has 0 atom stereocenters. The predicted octanol–water partition coefficient (Wildman–Crippen LogP) is 4.05. The molecule has 4 nitrogen and oxygen atoms in total. The first kappa shape index (κ1) is 15.2. The maximum atomic E-state index is 12.7. The second-order valence-corrected chi connectivity index (χ2v) is 4.78. The normalized spacial score (nSPS) is 10.0. The maximum Gasteiger partial charge on any atom is 0.323 e. The van der Waals surface area contributed by atoms with E-state index >= 15 is 0 Å². The third kappa shape index (κ3) is 4.39. The third-order valence-electron chi connectivity index (χ3n) is 2.69. The number of alkyl halides is 1. The Labute approximate surface area is 129 Å². The first-order valence-corrected chi connectivity index (χ1v) is 7.23. The summed E-state index contributed by atoms with van der Waals surface area (Å²) in [6, 6.07) is 11.6. The fourth-order valence-electron chi connectivity index (χ4n) is 1.64. The average molecular weight is 351 g/mol. The number of nitrogens with one attached hydrogen (secondary N) is 2. The molecule has 108 valence electrons. The summed E-state index contributed by atoms with van der Waals surface area (Å²) in [6.45, 7) is 0. The number of carbonyl (C=O) groups is 2. The van der Waals surface area contributed by atoms with Crippen LogP contribution in [-0.4, -0.2) is 17.1 Å². The number of amides is 2. The molecular weight excluding hydrogens is 339 g/mol. The van der Waals surface area contributed by atoms with E-state index in [0.717, 1.165) is 0 Å². The molecule has 2 aromatic carbocycles. The first-order valence-electron chi connectivity index (χ1n) is 6.11. The minimum Gasteiger partial charge on any atom is -0.308 e. The number of carbonyl (C=O) groups excluding carboxylic acids is 2. The highest BCUT2D eigenvalue weighted by atomic mass is 79.9. The van der Waals surface area contributed by atoms with Crippen LogP contribution in [0, 0.1) is 5.82 Å². The molecule has 0 unspecified atom stereocenters. The van der Waals surface area contributed by atoms with Gasteiger partial charge < -0.3 is 10.6 Å². The van der Waals surface area contributed by atoms with Crippen LogP contribution in [0.3, 0.4) is 0 Å². The number of Topliss-reactive ketones (excluding diaryl/α,β-unsaturated/α-hetero) is 1.